The monoisotopic (exact) mass is 316 g/mol. The van der Waals surface area contributed by atoms with Crippen LogP contribution in [0.2, 0.25) is 0 Å². The Balaban J connectivity index is 2.25. The molecule has 0 radical (unpaired) electrons. The maximum absolute atomic E-state index is 10.4. The number of nitrogens with zero attached hydrogens (tertiary/aromatic N) is 5. The van der Waals surface area contributed by atoms with Crippen molar-refractivity contribution in [2.24, 2.45) is 0 Å². The molecule has 3 rings (SSSR count). The van der Waals surface area contributed by atoms with Gasteiger partial charge in [0.25, 0.3) is 0 Å². The van der Waals surface area contributed by atoms with Crippen LogP contribution in [0.3, 0.4) is 0 Å². The normalized spacial score (nSPS) is 33.4. The van der Waals surface area contributed by atoms with Crippen LogP contribution in [0.5, 0.6) is 0 Å². The molecule has 10 heteroatoms. The minimum Gasteiger partial charge on any atom is -0.392 e. The number of nitriles is 1. The lowest BCUT2D eigenvalue weighted by Gasteiger charge is -2.25. The second-order valence-electron chi connectivity index (χ2n) is 5.06. The molecule has 1 aliphatic rings. The van der Waals surface area contributed by atoms with Crippen LogP contribution >= 0.6 is 0 Å². The van der Waals surface area contributed by atoms with Gasteiger partial charge in [-0.15, -0.1) is 6.42 Å². The van der Waals surface area contributed by atoms with Gasteiger partial charge in [0.15, 0.2) is 17.1 Å². The van der Waals surface area contributed by atoms with E-state index < -0.39 is 30.0 Å². The molecule has 0 aliphatic carbocycles. The first kappa shape index (κ1) is 15.1. The van der Waals surface area contributed by atoms with E-state index in [9.17, 15) is 20.6 Å². The van der Waals surface area contributed by atoms with Crippen molar-refractivity contribution in [2.75, 3.05) is 12.3 Å². The topological polar surface area (TPSA) is 163 Å². The van der Waals surface area contributed by atoms with Crippen molar-refractivity contribution in [3.63, 3.8) is 0 Å². The van der Waals surface area contributed by atoms with Crippen LogP contribution in [0.15, 0.2) is 12.5 Å². The van der Waals surface area contributed by atoms with Gasteiger partial charge in [-0.3, -0.25) is 0 Å². The molecule has 2 unspecified atom stereocenters. The summed E-state index contributed by atoms with van der Waals surface area (Å²) < 4.78 is 6.65. The SMILES string of the molecule is C#C[C@]1(CO)O[C@@](C#N)(c2cnc3c(N)ncnn23)C(O)C1O. The Labute approximate surface area is 129 Å². The second kappa shape index (κ2) is 4.87. The molecule has 0 bridgehead atoms. The molecule has 23 heavy (non-hydrogen) atoms. The lowest BCUT2D eigenvalue weighted by molar-refractivity contribution is -0.101. The fraction of sp³-hybridized carbons (Fsp3) is 0.385. The summed E-state index contributed by atoms with van der Waals surface area (Å²) in [5.41, 5.74) is 1.80. The number of nitrogen functional groups attached to an aromatic ring is 1. The Morgan fingerprint density at radius 2 is 2.17 bits per heavy atom. The smallest absolute Gasteiger partial charge is 0.228 e. The van der Waals surface area contributed by atoms with Gasteiger partial charge in [-0.25, -0.2) is 14.5 Å². The van der Waals surface area contributed by atoms with Gasteiger partial charge in [-0.2, -0.15) is 10.4 Å². The number of imidazole rings is 1. The molecule has 0 saturated carbocycles. The molecule has 1 aliphatic heterocycles. The summed E-state index contributed by atoms with van der Waals surface area (Å²) in [6.45, 7) is -0.793. The van der Waals surface area contributed by atoms with E-state index in [0.717, 1.165) is 10.8 Å². The molecular formula is C13H12N6O4. The Morgan fingerprint density at radius 3 is 2.74 bits per heavy atom. The fourth-order valence-electron chi connectivity index (χ4n) is 2.61. The zero-order valence-corrected chi connectivity index (χ0v) is 11.7. The summed E-state index contributed by atoms with van der Waals surface area (Å²) in [7, 11) is 0. The highest BCUT2D eigenvalue weighted by atomic mass is 16.6. The van der Waals surface area contributed by atoms with Crippen molar-refractivity contribution in [1.29, 1.82) is 5.26 Å². The van der Waals surface area contributed by atoms with Gasteiger partial charge in [-0.1, -0.05) is 5.92 Å². The molecule has 0 amide bonds. The number of nitrogens with two attached hydrogens (primary N) is 1. The third-order valence-electron chi connectivity index (χ3n) is 3.89. The summed E-state index contributed by atoms with van der Waals surface area (Å²) in [5.74, 6) is 2.15. The molecule has 2 aromatic rings. The molecule has 1 saturated heterocycles. The lowest BCUT2D eigenvalue weighted by atomic mass is 9.89. The number of anilines is 1. The first-order valence-corrected chi connectivity index (χ1v) is 6.46. The Kier molecular flexibility index (Phi) is 3.21. The number of aliphatic hydroxyl groups is 3. The van der Waals surface area contributed by atoms with Crippen molar-refractivity contribution in [1.82, 2.24) is 19.6 Å². The molecule has 1 fully saturated rings. The quantitative estimate of drug-likeness (QED) is 0.440. The third kappa shape index (κ3) is 1.75. The van der Waals surface area contributed by atoms with E-state index in [-0.39, 0.29) is 17.2 Å². The van der Waals surface area contributed by atoms with Crippen molar-refractivity contribution < 1.29 is 20.1 Å². The van der Waals surface area contributed by atoms with E-state index in [0.29, 0.717) is 0 Å². The van der Waals surface area contributed by atoms with E-state index >= 15 is 0 Å². The molecule has 3 heterocycles. The summed E-state index contributed by atoms with van der Waals surface area (Å²) in [4.78, 5) is 7.76. The van der Waals surface area contributed by atoms with Crippen LogP contribution in [-0.4, -0.2) is 59.3 Å². The third-order valence-corrected chi connectivity index (χ3v) is 3.89. The highest BCUT2D eigenvalue weighted by Gasteiger charge is 2.64. The van der Waals surface area contributed by atoms with E-state index in [1.807, 2.05) is 0 Å². The standard InChI is InChI=1S/C13H12N6O4/c1-2-12(5-20)8(21)9(22)13(4-14,23-12)7-3-16-11-10(15)17-6-18-19(7)11/h1,3,6,8-9,20-22H,5H2,(H2,15,17,18)/t8?,9?,12-,13+/m1/s1. The lowest BCUT2D eigenvalue weighted by Crippen LogP contribution is -2.45. The number of hydrogen-bond donors (Lipinski definition) is 4. The zero-order valence-electron chi connectivity index (χ0n) is 11.7. The molecule has 2 aromatic heterocycles. The zero-order chi connectivity index (χ0) is 16.8. The average molecular weight is 316 g/mol. The van der Waals surface area contributed by atoms with Gasteiger partial charge in [0.2, 0.25) is 5.60 Å². The Bertz CT molecular complexity index is 854. The van der Waals surface area contributed by atoms with Gasteiger partial charge >= 0.3 is 0 Å². The largest absolute Gasteiger partial charge is 0.392 e. The fourth-order valence-corrected chi connectivity index (χ4v) is 2.61. The molecular weight excluding hydrogens is 304 g/mol. The van der Waals surface area contributed by atoms with Crippen molar-refractivity contribution in [2.45, 2.75) is 23.4 Å². The van der Waals surface area contributed by atoms with Crippen LogP contribution in [0.25, 0.3) is 5.65 Å². The van der Waals surface area contributed by atoms with Gasteiger partial charge in [0, 0.05) is 0 Å². The summed E-state index contributed by atoms with van der Waals surface area (Å²) >= 11 is 0. The number of terminal acetylenes is 1. The van der Waals surface area contributed by atoms with Gasteiger partial charge < -0.3 is 25.8 Å². The van der Waals surface area contributed by atoms with Crippen LogP contribution in [-0.2, 0) is 10.3 Å². The van der Waals surface area contributed by atoms with Gasteiger partial charge in [0.05, 0.1) is 12.8 Å². The number of ether oxygens (including phenoxy) is 1. The van der Waals surface area contributed by atoms with Crippen LogP contribution < -0.4 is 5.73 Å². The van der Waals surface area contributed by atoms with Crippen LogP contribution in [0.4, 0.5) is 5.82 Å². The van der Waals surface area contributed by atoms with E-state index in [4.69, 9.17) is 16.9 Å². The number of hydrogen-bond acceptors (Lipinski definition) is 9. The summed E-state index contributed by atoms with van der Waals surface area (Å²) in [5, 5.41) is 43.6. The first-order valence-electron chi connectivity index (χ1n) is 6.46. The summed E-state index contributed by atoms with van der Waals surface area (Å²) in [6.07, 6.45) is 4.23. The van der Waals surface area contributed by atoms with E-state index in [2.05, 4.69) is 21.0 Å². The average Bonchev–Trinajstić information content (AvgIpc) is 3.09. The molecule has 0 aromatic carbocycles. The van der Waals surface area contributed by atoms with Crippen LogP contribution in [0, 0.1) is 23.7 Å². The molecule has 4 atom stereocenters. The highest BCUT2D eigenvalue weighted by Crippen LogP contribution is 2.44. The maximum atomic E-state index is 10.4. The van der Waals surface area contributed by atoms with E-state index in [1.54, 1.807) is 6.07 Å². The molecule has 118 valence electrons. The molecule has 0 spiro atoms. The first-order chi connectivity index (χ1) is 11.0. The predicted octanol–water partition coefficient (Wildman–Crippen LogP) is -2.46. The Hall–Kier alpha value is -2.76. The van der Waals surface area contributed by atoms with Crippen LogP contribution in [0.1, 0.15) is 5.69 Å². The van der Waals surface area contributed by atoms with Gasteiger partial charge in [-0.05, 0) is 0 Å². The number of aliphatic hydroxyl groups excluding tert-OH is 3. The summed E-state index contributed by atoms with van der Waals surface area (Å²) in [6, 6.07) is 1.79. The van der Waals surface area contributed by atoms with Gasteiger partial charge in [0.1, 0.15) is 30.3 Å². The number of aromatic nitrogens is 4. The maximum Gasteiger partial charge on any atom is 0.228 e. The minimum atomic E-state index is -2.09. The van der Waals surface area contributed by atoms with E-state index in [1.165, 1.54) is 6.20 Å². The molecule has 10 nitrogen and oxygen atoms in total. The Morgan fingerprint density at radius 1 is 1.43 bits per heavy atom. The molecule has 5 N–H and O–H groups in total. The van der Waals surface area contributed by atoms with Crippen molar-refractivity contribution in [3.8, 4) is 18.4 Å². The number of rotatable bonds is 2. The predicted molar refractivity (Wildman–Crippen MR) is 74.2 cm³/mol. The highest BCUT2D eigenvalue weighted by molar-refractivity contribution is 5.59. The van der Waals surface area contributed by atoms with Crippen molar-refractivity contribution in [3.05, 3.63) is 18.2 Å². The minimum absolute atomic E-state index is 0.00113. The number of fused-ring (bicyclic) bond motifs is 1. The second-order valence-corrected chi connectivity index (χ2v) is 5.06. The van der Waals surface area contributed by atoms with Crippen molar-refractivity contribution >= 4 is 11.5 Å².